The molecule has 0 unspecified atom stereocenters. The summed E-state index contributed by atoms with van der Waals surface area (Å²) in [4.78, 5) is 8.78. The summed E-state index contributed by atoms with van der Waals surface area (Å²) in [6.45, 7) is 2.02. The Bertz CT molecular complexity index is 931. The molecule has 0 amide bonds. The average Bonchev–Trinajstić information content (AvgIpc) is 2.69. The lowest BCUT2D eigenvalue weighted by Crippen LogP contribution is -2.02. The van der Waals surface area contributed by atoms with Crippen LogP contribution in [0.15, 0.2) is 48.7 Å². The van der Waals surface area contributed by atoms with Crippen molar-refractivity contribution < 1.29 is 14.2 Å². The fraction of sp³-hybridized carbons (Fsp3) is 0.200. The molecular formula is C20H22N4O3. The average molecular weight is 366 g/mol. The molecule has 0 radical (unpaired) electrons. The van der Waals surface area contributed by atoms with Crippen molar-refractivity contribution >= 4 is 23.1 Å². The molecule has 1 heterocycles. The minimum atomic E-state index is 0.440. The molecule has 0 saturated carbocycles. The molecule has 3 aromatic rings. The summed E-state index contributed by atoms with van der Waals surface area (Å²) < 4.78 is 16.0. The number of methoxy groups -OCH3 is 3. The first-order valence-electron chi connectivity index (χ1n) is 8.36. The van der Waals surface area contributed by atoms with Crippen LogP contribution < -0.4 is 24.8 Å². The highest BCUT2D eigenvalue weighted by molar-refractivity contribution is 5.68. The van der Waals surface area contributed by atoms with E-state index >= 15 is 0 Å². The fourth-order valence-electron chi connectivity index (χ4n) is 2.57. The van der Waals surface area contributed by atoms with Crippen LogP contribution in [0.5, 0.6) is 17.2 Å². The van der Waals surface area contributed by atoms with Crippen LogP contribution in [0.1, 0.15) is 5.56 Å². The summed E-state index contributed by atoms with van der Waals surface area (Å²) >= 11 is 0. The number of nitrogens with one attached hydrogen (secondary N) is 2. The standard InChI is InChI=1S/C20H22N4O3/c1-13-5-8-17(26-3)16(11-13)22-19-9-10-21-20(24-19)23-15-7-6-14(25-2)12-18(15)27-4/h5-12H,1-4H3,(H2,21,22,23,24). The molecule has 2 N–H and O–H groups in total. The summed E-state index contributed by atoms with van der Waals surface area (Å²) in [5.41, 5.74) is 2.70. The molecular weight excluding hydrogens is 344 g/mol. The zero-order valence-electron chi connectivity index (χ0n) is 15.7. The summed E-state index contributed by atoms with van der Waals surface area (Å²) in [6, 6.07) is 13.2. The molecule has 0 spiro atoms. The quantitative estimate of drug-likeness (QED) is 0.645. The van der Waals surface area contributed by atoms with Gasteiger partial charge in [0.1, 0.15) is 23.1 Å². The molecule has 3 rings (SSSR count). The second kappa shape index (κ2) is 8.27. The molecule has 0 aliphatic carbocycles. The molecule has 1 aromatic heterocycles. The number of ether oxygens (including phenoxy) is 3. The van der Waals surface area contributed by atoms with E-state index in [1.165, 1.54) is 0 Å². The van der Waals surface area contributed by atoms with Crippen LogP contribution in [-0.4, -0.2) is 31.3 Å². The van der Waals surface area contributed by atoms with Crippen molar-refractivity contribution in [1.82, 2.24) is 9.97 Å². The topological polar surface area (TPSA) is 77.5 Å². The van der Waals surface area contributed by atoms with E-state index in [1.807, 2.05) is 37.3 Å². The molecule has 0 aliphatic heterocycles. The van der Waals surface area contributed by atoms with Gasteiger partial charge in [0.25, 0.3) is 0 Å². The molecule has 0 aliphatic rings. The minimum absolute atomic E-state index is 0.440. The lowest BCUT2D eigenvalue weighted by atomic mass is 10.2. The van der Waals surface area contributed by atoms with E-state index < -0.39 is 0 Å². The third-order valence-corrected chi connectivity index (χ3v) is 3.93. The normalized spacial score (nSPS) is 10.2. The van der Waals surface area contributed by atoms with E-state index in [4.69, 9.17) is 14.2 Å². The van der Waals surface area contributed by atoms with Crippen LogP contribution in [0.3, 0.4) is 0 Å². The lowest BCUT2D eigenvalue weighted by Gasteiger charge is -2.13. The third-order valence-electron chi connectivity index (χ3n) is 3.93. The first-order chi connectivity index (χ1) is 13.1. The largest absolute Gasteiger partial charge is 0.497 e. The maximum atomic E-state index is 5.40. The van der Waals surface area contributed by atoms with Crippen LogP contribution in [0.2, 0.25) is 0 Å². The molecule has 0 bridgehead atoms. The Morgan fingerprint density at radius 1 is 0.778 bits per heavy atom. The van der Waals surface area contributed by atoms with Gasteiger partial charge in [-0.15, -0.1) is 0 Å². The van der Waals surface area contributed by atoms with Crippen molar-refractivity contribution in [2.45, 2.75) is 6.92 Å². The Morgan fingerprint density at radius 3 is 2.33 bits per heavy atom. The van der Waals surface area contributed by atoms with Crippen molar-refractivity contribution in [3.63, 3.8) is 0 Å². The van der Waals surface area contributed by atoms with E-state index in [-0.39, 0.29) is 0 Å². The molecule has 140 valence electrons. The molecule has 27 heavy (non-hydrogen) atoms. The monoisotopic (exact) mass is 366 g/mol. The van der Waals surface area contributed by atoms with E-state index in [2.05, 4.69) is 20.6 Å². The molecule has 7 nitrogen and oxygen atoms in total. The van der Waals surface area contributed by atoms with Gasteiger partial charge in [0.05, 0.1) is 32.7 Å². The minimum Gasteiger partial charge on any atom is -0.497 e. The van der Waals surface area contributed by atoms with Crippen LogP contribution in [0.25, 0.3) is 0 Å². The number of hydrogen-bond donors (Lipinski definition) is 2. The maximum absolute atomic E-state index is 5.40. The van der Waals surface area contributed by atoms with Crippen LogP contribution in [0.4, 0.5) is 23.1 Å². The first-order valence-corrected chi connectivity index (χ1v) is 8.36. The Balaban J connectivity index is 1.83. The van der Waals surface area contributed by atoms with E-state index in [0.29, 0.717) is 23.3 Å². The number of nitrogens with zero attached hydrogens (tertiary/aromatic N) is 2. The predicted octanol–water partition coefficient (Wildman–Crippen LogP) is 4.30. The Labute approximate surface area is 158 Å². The van der Waals surface area contributed by atoms with Crippen LogP contribution in [0, 0.1) is 6.92 Å². The summed E-state index contributed by atoms with van der Waals surface area (Å²) in [5, 5.41) is 6.44. The van der Waals surface area contributed by atoms with Gasteiger partial charge in [0.15, 0.2) is 0 Å². The molecule has 2 aromatic carbocycles. The number of aryl methyl sites for hydroxylation is 1. The SMILES string of the molecule is COc1ccc(Nc2nccc(Nc3cc(C)ccc3OC)n2)c(OC)c1. The molecule has 0 fully saturated rings. The van der Waals surface area contributed by atoms with Gasteiger partial charge in [-0.05, 0) is 42.8 Å². The zero-order chi connectivity index (χ0) is 19.2. The highest BCUT2D eigenvalue weighted by Gasteiger charge is 2.09. The van der Waals surface area contributed by atoms with Gasteiger partial charge < -0.3 is 24.8 Å². The first kappa shape index (κ1) is 18.3. The summed E-state index contributed by atoms with van der Waals surface area (Å²) in [6.07, 6.45) is 1.68. The van der Waals surface area contributed by atoms with Gasteiger partial charge in [-0.3, -0.25) is 0 Å². The number of hydrogen-bond acceptors (Lipinski definition) is 7. The van der Waals surface area contributed by atoms with Gasteiger partial charge in [0, 0.05) is 12.3 Å². The van der Waals surface area contributed by atoms with Crippen LogP contribution in [-0.2, 0) is 0 Å². The molecule has 0 saturated heterocycles. The summed E-state index contributed by atoms with van der Waals surface area (Å²) in [7, 11) is 4.85. The lowest BCUT2D eigenvalue weighted by molar-refractivity contribution is 0.395. The third kappa shape index (κ3) is 4.38. The van der Waals surface area contributed by atoms with E-state index in [0.717, 1.165) is 22.7 Å². The smallest absolute Gasteiger partial charge is 0.229 e. The van der Waals surface area contributed by atoms with Gasteiger partial charge in [-0.2, -0.15) is 4.98 Å². The van der Waals surface area contributed by atoms with E-state index in [9.17, 15) is 0 Å². The van der Waals surface area contributed by atoms with Crippen molar-refractivity contribution in [3.8, 4) is 17.2 Å². The highest BCUT2D eigenvalue weighted by Crippen LogP contribution is 2.31. The number of anilines is 4. The number of rotatable bonds is 7. The summed E-state index contributed by atoms with van der Waals surface area (Å²) in [5.74, 6) is 3.17. The highest BCUT2D eigenvalue weighted by atomic mass is 16.5. The van der Waals surface area contributed by atoms with E-state index in [1.54, 1.807) is 39.7 Å². The van der Waals surface area contributed by atoms with Gasteiger partial charge in [-0.1, -0.05) is 6.07 Å². The number of benzene rings is 2. The molecule has 7 heteroatoms. The predicted molar refractivity (Wildman–Crippen MR) is 106 cm³/mol. The second-order valence-corrected chi connectivity index (χ2v) is 5.79. The Hall–Kier alpha value is -3.48. The van der Waals surface area contributed by atoms with Gasteiger partial charge in [-0.25, -0.2) is 4.98 Å². The fourth-order valence-corrected chi connectivity index (χ4v) is 2.57. The van der Waals surface area contributed by atoms with Crippen molar-refractivity contribution in [1.29, 1.82) is 0 Å². The van der Waals surface area contributed by atoms with Crippen molar-refractivity contribution in [2.75, 3.05) is 32.0 Å². The molecule has 0 atom stereocenters. The Morgan fingerprint density at radius 2 is 1.59 bits per heavy atom. The second-order valence-electron chi connectivity index (χ2n) is 5.79. The van der Waals surface area contributed by atoms with Crippen molar-refractivity contribution in [3.05, 3.63) is 54.2 Å². The zero-order valence-corrected chi connectivity index (χ0v) is 15.7. The number of aromatic nitrogens is 2. The van der Waals surface area contributed by atoms with Crippen LogP contribution >= 0.6 is 0 Å². The van der Waals surface area contributed by atoms with Gasteiger partial charge in [0.2, 0.25) is 5.95 Å². The van der Waals surface area contributed by atoms with Gasteiger partial charge >= 0.3 is 0 Å². The maximum Gasteiger partial charge on any atom is 0.229 e. The Kier molecular flexibility index (Phi) is 5.61. The van der Waals surface area contributed by atoms with Crippen molar-refractivity contribution in [2.24, 2.45) is 0 Å².